The van der Waals surface area contributed by atoms with Gasteiger partial charge in [-0.25, -0.2) is 0 Å². The molecular weight excluding hydrogens is 635 g/mol. The summed E-state index contributed by atoms with van der Waals surface area (Å²) in [7, 11) is -4.63. The van der Waals surface area contributed by atoms with Crippen molar-refractivity contribution < 1.29 is 23.0 Å². The van der Waals surface area contributed by atoms with Crippen LogP contribution in [0, 0.1) is 0 Å². The molecule has 0 heterocycles. The minimum atomic E-state index is -3.10. The molecule has 0 spiro atoms. The number of halogens is 2. The number of aldehydes is 1. The highest BCUT2D eigenvalue weighted by Gasteiger charge is 2.32. The summed E-state index contributed by atoms with van der Waals surface area (Å²) in [6, 6.07) is 42.1. The Balaban J connectivity index is 0.000000227. The molecule has 0 aliphatic rings. The Kier molecular flexibility index (Phi) is 14.2. The quantitative estimate of drug-likeness (QED) is 0.124. The second-order valence-electron chi connectivity index (χ2n) is 9.30. The molecule has 3 unspecified atom stereocenters. The predicted octanol–water partition coefficient (Wildman–Crippen LogP) is 11.0. The van der Waals surface area contributed by atoms with Gasteiger partial charge in [0.1, 0.15) is 17.8 Å². The highest BCUT2D eigenvalue weighted by atomic mass is 35.5. The van der Waals surface area contributed by atoms with E-state index in [-0.39, 0.29) is 0 Å². The van der Waals surface area contributed by atoms with Gasteiger partial charge < -0.3 is 9.84 Å². The Labute approximate surface area is 269 Å². The Morgan fingerprint density at radius 1 is 0.727 bits per heavy atom. The van der Waals surface area contributed by atoms with Crippen LogP contribution in [-0.4, -0.2) is 19.6 Å². The summed E-state index contributed by atoms with van der Waals surface area (Å²) >= 11 is 11.7. The van der Waals surface area contributed by atoms with Crippen LogP contribution in [0.5, 0.6) is 11.5 Å². The molecule has 0 fully saturated rings. The van der Waals surface area contributed by atoms with Gasteiger partial charge in [-0.05, 0) is 70.8 Å². The first-order valence-corrected chi connectivity index (χ1v) is 17.9. The molecule has 0 saturated carbocycles. The van der Waals surface area contributed by atoms with E-state index < -0.39 is 21.2 Å². The van der Waals surface area contributed by atoms with Gasteiger partial charge in [-0.1, -0.05) is 102 Å². The van der Waals surface area contributed by atoms with E-state index in [1.54, 1.807) is 61.3 Å². The average molecular weight is 667 g/mol. The largest absolute Gasteiger partial charge is 0.552 e. The van der Waals surface area contributed by atoms with Gasteiger partial charge in [0.2, 0.25) is 0 Å². The Morgan fingerprint density at radius 3 is 1.75 bits per heavy atom. The molecule has 3 atom stereocenters. The summed E-state index contributed by atoms with van der Waals surface area (Å²) in [5, 5.41) is 4.53. The average Bonchev–Trinajstić information content (AvgIpc) is 3.01. The Morgan fingerprint density at radius 2 is 1.25 bits per heavy atom. The van der Waals surface area contributed by atoms with Crippen LogP contribution in [0.15, 0.2) is 140 Å². The second kappa shape index (κ2) is 18.0. The molecule has 5 aromatic carbocycles. The standard InChI is InChI=1S/C20H19ClNO2P.C7H5ClO.C7H8O2P/c1-25(23,24-19-13-6-3-7-14-19)20(16-9-8-10-17(21)15-16)22-18-11-4-2-5-12-18;8-7-3-1-2-6(4-7)5-9;1-10(8)9-7-5-3-2-4-6-7/h2-15,20,22H,1H3;1-5H;2-6H,1H3/q;;+1. The van der Waals surface area contributed by atoms with E-state index in [0.717, 1.165) is 17.5 Å². The fraction of sp³-hybridized carbons (Fsp3) is 0.0882. The maximum Gasteiger partial charge on any atom is 0.552 e. The van der Waals surface area contributed by atoms with Gasteiger partial charge in [0.25, 0.3) is 7.37 Å². The molecule has 0 aliphatic carbocycles. The van der Waals surface area contributed by atoms with Gasteiger partial charge in [-0.15, -0.1) is 0 Å². The van der Waals surface area contributed by atoms with Crippen molar-refractivity contribution in [1.82, 2.24) is 0 Å². The minimum Gasteiger partial charge on any atom is -0.441 e. The van der Waals surface area contributed by atoms with E-state index in [9.17, 15) is 13.9 Å². The van der Waals surface area contributed by atoms with Crippen LogP contribution < -0.4 is 14.4 Å². The lowest BCUT2D eigenvalue weighted by Gasteiger charge is -2.27. The van der Waals surface area contributed by atoms with Crippen molar-refractivity contribution in [3.05, 3.63) is 161 Å². The van der Waals surface area contributed by atoms with Gasteiger partial charge in [0.05, 0.1) is 0 Å². The van der Waals surface area contributed by atoms with E-state index in [1.165, 1.54) is 6.66 Å². The first kappa shape index (κ1) is 34.6. The van der Waals surface area contributed by atoms with Gasteiger partial charge in [0.15, 0.2) is 12.4 Å². The van der Waals surface area contributed by atoms with E-state index in [2.05, 4.69) is 5.32 Å². The third-order valence-electron chi connectivity index (χ3n) is 5.70. The van der Waals surface area contributed by atoms with Crippen LogP contribution in [0.25, 0.3) is 0 Å². The van der Waals surface area contributed by atoms with E-state index >= 15 is 0 Å². The van der Waals surface area contributed by atoms with Crippen molar-refractivity contribution in [3.8, 4) is 11.5 Å². The van der Waals surface area contributed by atoms with Crippen LogP contribution in [0.3, 0.4) is 0 Å². The molecule has 226 valence electrons. The maximum absolute atomic E-state index is 13.5. The highest BCUT2D eigenvalue weighted by Crippen LogP contribution is 2.56. The fourth-order valence-corrected chi connectivity index (χ4v) is 6.34. The number of nitrogens with one attached hydrogen (secondary N) is 1. The molecule has 0 aliphatic heterocycles. The zero-order chi connectivity index (χ0) is 31.8. The topological polar surface area (TPSA) is 81.7 Å². The summed E-state index contributed by atoms with van der Waals surface area (Å²) in [5.41, 5.74) is 2.30. The number of anilines is 1. The highest BCUT2D eigenvalue weighted by molar-refractivity contribution is 7.59. The summed E-state index contributed by atoms with van der Waals surface area (Å²) in [5.74, 6) is 0.718. The first-order chi connectivity index (χ1) is 21.2. The third kappa shape index (κ3) is 12.4. The summed E-state index contributed by atoms with van der Waals surface area (Å²) in [4.78, 5) is 10.1. The zero-order valence-electron chi connectivity index (χ0n) is 24.1. The van der Waals surface area contributed by atoms with Crippen molar-refractivity contribution in [2.45, 2.75) is 5.78 Å². The van der Waals surface area contributed by atoms with Crippen molar-refractivity contribution >= 4 is 50.6 Å². The second-order valence-corrected chi connectivity index (χ2v) is 13.7. The van der Waals surface area contributed by atoms with E-state index in [1.807, 2.05) is 84.9 Å². The number of hydrogen-bond donors (Lipinski definition) is 1. The predicted molar refractivity (Wildman–Crippen MR) is 182 cm³/mol. The van der Waals surface area contributed by atoms with Crippen molar-refractivity contribution in [2.75, 3.05) is 18.6 Å². The van der Waals surface area contributed by atoms with Crippen molar-refractivity contribution in [3.63, 3.8) is 0 Å². The lowest BCUT2D eigenvalue weighted by molar-refractivity contribution is 0.112. The molecule has 10 heteroatoms. The Bertz CT molecular complexity index is 1660. The normalized spacial score (nSPS) is 12.4. The molecule has 0 aromatic heterocycles. The van der Waals surface area contributed by atoms with Crippen LogP contribution in [0.1, 0.15) is 21.7 Å². The molecule has 0 radical (unpaired) electrons. The van der Waals surface area contributed by atoms with Crippen LogP contribution >= 0.6 is 38.6 Å². The summed E-state index contributed by atoms with van der Waals surface area (Å²) in [6.45, 7) is 3.17. The van der Waals surface area contributed by atoms with E-state index in [4.69, 9.17) is 32.2 Å². The van der Waals surface area contributed by atoms with Crippen LogP contribution in [0.2, 0.25) is 10.0 Å². The third-order valence-corrected chi connectivity index (χ3v) is 8.58. The van der Waals surface area contributed by atoms with Gasteiger partial charge in [-0.3, -0.25) is 13.9 Å². The van der Waals surface area contributed by atoms with Gasteiger partial charge in [-0.2, -0.15) is 0 Å². The van der Waals surface area contributed by atoms with E-state index in [0.29, 0.717) is 27.1 Å². The number of hydrogen-bond acceptors (Lipinski definition) is 6. The lowest BCUT2D eigenvalue weighted by Crippen LogP contribution is -2.14. The van der Waals surface area contributed by atoms with Gasteiger partial charge >= 0.3 is 8.03 Å². The number of para-hydroxylation sites is 3. The lowest BCUT2D eigenvalue weighted by atomic mass is 10.2. The molecule has 5 rings (SSSR count). The van der Waals surface area contributed by atoms with Crippen molar-refractivity contribution in [2.24, 2.45) is 0 Å². The smallest absolute Gasteiger partial charge is 0.441 e. The van der Waals surface area contributed by atoms with Crippen molar-refractivity contribution in [1.29, 1.82) is 0 Å². The molecule has 0 amide bonds. The number of carbonyl (C=O) groups excluding carboxylic acids is 1. The van der Waals surface area contributed by atoms with Crippen LogP contribution in [-0.2, 0) is 9.13 Å². The summed E-state index contributed by atoms with van der Waals surface area (Å²) < 4.78 is 34.8. The first-order valence-electron chi connectivity index (χ1n) is 13.4. The summed E-state index contributed by atoms with van der Waals surface area (Å²) in [6.07, 6.45) is 0.770. The zero-order valence-corrected chi connectivity index (χ0v) is 27.4. The molecule has 0 bridgehead atoms. The molecule has 44 heavy (non-hydrogen) atoms. The van der Waals surface area contributed by atoms with Crippen LogP contribution in [0.4, 0.5) is 5.69 Å². The van der Waals surface area contributed by atoms with Gasteiger partial charge in [0, 0.05) is 28.0 Å². The molecule has 6 nitrogen and oxygen atoms in total. The molecular formula is C34H32Cl2NO5P2+. The SMILES string of the molecule is CP(=O)(Oc1ccccc1)C(Nc1ccccc1)c1cccc(Cl)c1.C[P+](=O)Oc1ccccc1.O=Cc1cccc(Cl)c1. The minimum absolute atomic E-state index is 0.520. The number of benzene rings is 5. The molecule has 1 N–H and O–H groups in total. The molecule has 0 saturated heterocycles. The maximum atomic E-state index is 13.5. The monoisotopic (exact) mass is 666 g/mol. The number of carbonyl (C=O) groups is 1. The fourth-order valence-electron chi connectivity index (χ4n) is 3.79. The molecule has 5 aromatic rings. The Hall–Kier alpha value is -3.92. The number of rotatable bonds is 9.